The second kappa shape index (κ2) is 7.28. The van der Waals surface area contributed by atoms with Crippen LogP contribution in [0.4, 0.5) is 0 Å². The van der Waals surface area contributed by atoms with E-state index in [1.165, 1.54) is 11.1 Å². The molecule has 0 aromatic heterocycles. The van der Waals surface area contributed by atoms with Crippen LogP contribution in [0.5, 0.6) is 0 Å². The normalized spacial score (nSPS) is 8.40. The molecule has 0 N–H and O–H groups in total. The molecule has 15 heavy (non-hydrogen) atoms. The van der Waals surface area contributed by atoms with Crippen LogP contribution in [-0.4, -0.2) is 0 Å². The zero-order chi connectivity index (χ0) is 10.4. The monoisotopic (exact) mass is 240 g/mol. The van der Waals surface area contributed by atoms with Crippen molar-refractivity contribution in [2.45, 2.75) is 13.8 Å². The second-order valence-corrected chi connectivity index (χ2v) is 3.37. The largest absolute Gasteiger partial charge is 0.748 e. The summed E-state index contributed by atoms with van der Waals surface area (Å²) in [6.45, 7) is 7.99. The van der Waals surface area contributed by atoms with E-state index in [4.69, 9.17) is 0 Å². The minimum Gasteiger partial charge on any atom is -0.748 e. The van der Waals surface area contributed by atoms with Gasteiger partial charge in [-0.25, -0.2) is 0 Å². The third-order valence-electron chi connectivity index (χ3n) is 2.05. The number of rotatable bonds is 1. The molecule has 0 heterocycles. The van der Waals surface area contributed by atoms with Crippen molar-refractivity contribution in [2.24, 2.45) is 0 Å². The first-order valence-corrected chi connectivity index (χ1v) is 4.76. The van der Waals surface area contributed by atoms with Gasteiger partial charge in [-0.1, -0.05) is 13.8 Å². The van der Waals surface area contributed by atoms with E-state index < -0.39 is 0 Å². The minimum absolute atomic E-state index is 0. The van der Waals surface area contributed by atoms with Crippen molar-refractivity contribution in [3.05, 3.63) is 66.2 Å². The molecule has 0 atom stereocenters. The van der Waals surface area contributed by atoms with Crippen molar-refractivity contribution >= 4 is 5.57 Å². The third kappa shape index (κ3) is 4.83. The molecule has 2 aromatic rings. The number of allylic oxidation sites excluding steroid dienone is 1. The molecule has 2 aromatic carbocycles. The predicted molar refractivity (Wildman–Crippen MR) is 63.5 cm³/mol. The van der Waals surface area contributed by atoms with E-state index in [2.05, 4.69) is 31.7 Å². The first kappa shape index (κ1) is 14.0. The van der Waals surface area contributed by atoms with E-state index in [-0.39, 0.29) is 17.1 Å². The van der Waals surface area contributed by atoms with Crippen molar-refractivity contribution in [1.29, 1.82) is 0 Å². The maximum atomic E-state index is 3.86. The summed E-state index contributed by atoms with van der Waals surface area (Å²) in [6, 6.07) is 16.3. The van der Waals surface area contributed by atoms with Crippen LogP contribution < -0.4 is 0 Å². The van der Waals surface area contributed by atoms with Gasteiger partial charge >= 0.3 is 0 Å². The summed E-state index contributed by atoms with van der Waals surface area (Å²) in [6.07, 6.45) is 0. The van der Waals surface area contributed by atoms with Gasteiger partial charge in [0.15, 0.2) is 0 Å². The minimum atomic E-state index is 0. The van der Waals surface area contributed by atoms with Gasteiger partial charge in [-0.3, -0.25) is 0 Å². The van der Waals surface area contributed by atoms with Gasteiger partial charge in [0.25, 0.3) is 0 Å². The van der Waals surface area contributed by atoms with E-state index in [1.54, 1.807) is 0 Å². The molecule has 0 aliphatic carbocycles. The smallest absolute Gasteiger partial charge is 0 e. The van der Waals surface area contributed by atoms with Crippen LogP contribution in [0.15, 0.2) is 55.1 Å². The fourth-order valence-corrected chi connectivity index (χ4v) is 1.31. The first-order valence-electron chi connectivity index (χ1n) is 4.76. The molecule has 0 spiro atoms. The van der Waals surface area contributed by atoms with E-state index in [0.717, 1.165) is 5.57 Å². The van der Waals surface area contributed by atoms with Crippen LogP contribution in [0.3, 0.4) is 0 Å². The Morgan fingerprint density at radius 2 is 1.67 bits per heavy atom. The van der Waals surface area contributed by atoms with Crippen LogP contribution in [0, 0.1) is 6.92 Å². The van der Waals surface area contributed by atoms with Crippen LogP contribution >= 0.6 is 0 Å². The third-order valence-corrected chi connectivity index (χ3v) is 2.05. The molecule has 0 fully saturated rings. The van der Waals surface area contributed by atoms with Gasteiger partial charge in [0.1, 0.15) is 0 Å². The zero-order valence-electron chi connectivity index (χ0n) is 9.18. The second-order valence-electron chi connectivity index (χ2n) is 3.37. The van der Waals surface area contributed by atoms with Gasteiger partial charge in [0, 0.05) is 17.1 Å². The Bertz CT molecular complexity index is 348. The Kier molecular flexibility index (Phi) is 6.77. The Labute approximate surface area is 103 Å². The van der Waals surface area contributed by atoms with Crippen molar-refractivity contribution in [2.75, 3.05) is 0 Å². The average molecular weight is 240 g/mol. The molecule has 0 nitrogen and oxygen atoms in total. The number of aryl methyl sites for hydroxylation is 1. The molecule has 0 saturated carbocycles. The van der Waals surface area contributed by atoms with Crippen LogP contribution in [0.1, 0.15) is 18.1 Å². The maximum Gasteiger partial charge on any atom is 0 e. The fraction of sp³-hybridized carbons (Fsp3) is 0.143. The Hall–Kier alpha value is -1.04. The van der Waals surface area contributed by atoms with Crippen LogP contribution in [-0.2, 0) is 17.1 Å². The predicted octanol–water partition coefficient (Wildman–Crippen LogP) is 4.15. The fourth-order valence-electron chi connectivity index (χ4n) is 1.31. The zero-order valence-corrected chi connectivity index (χ0v) is 10.3. The molecule has 0 saturated heterocycles. The summed E-state index contributed by atoms with van der Waals surface area (Å²) in [5.74, 6) is 0. The SMILES string of the molecule is C=C(C)[c-]1cccc1C.[Fe].[cH-]1[cH-][cH-][cH-][cH-]1. The van der Waals surface area contributed by atoms with E-state index >= 15 is 0 Å². The molecule has 0 aliphatic heterocycles. The van der Waals surface area contributed by atoms with E-state index in [0.29, 0.717) is 0 Å². The molecule has 86 valence electrons. The van der Waals surface area contributed by atoms with Crippen molar-refractivity contribution < 1.29 is 17.1 Å². The molecule has 2 rings (SSSR count). The van der Waals surface area contributed by atoms with E-state index in [9.17, 15) is 0 Å². The summed E-state index contributed by atoms with van der Waals surface area (Å²) in [4.78, 5) is 0. The van der Waals surface area contributed by atoms with Crippen molar-refractivity contribution in [1.82, 2.24) is 0 Å². The summed E-state index contributed by atoms with van der Waals surface area (Å²) in [5.41, 5.74) is 3.76. The summed E-state index contributed by atoms with van der Waals surface area (Å²) in [5, 5.41) is 0. The maximum absolute atomic E-state index is 3.86. The summed E-state index contributed by atoms with van der Waals surface area (Å²) in [7, 11) is 0. The summed E-state index contributed by atoms with van der Waals surface area (Å²) >= 11 is 0. The van der Waals surface area contributed by atoms with Gasteiger partial charge in [0.05, 0.1) is 0 Å². The molecule has 0 bridgehead atoms. The Morgan fingerprint density at radius 1 is 1.20 bits per heavy atom. The molecular formula is C14H16Fe-6. The quantitative estimate of drug-likeness (QED) is 0.518. The van der Waals surface area contributed by atoms with Crippen LogP contribution in [0.2, 0.25) is 0 Å². The van der Waals surface area contributed by atoms with Crippen molar-refractivity contribution in [3.63, 3.8) is 0 Å². The molecule has 0 radical (unpaired) electrons. The van der Waals surface area contributed by atoms with E-state index in [1.807, 2.05) is 37.3 Å². The molecule has 0 amide bonds. The van der Waals surface area contributed by atoms with Crippen LogP contribution in [0.25, 0.3) is 5.57 Å². The van der Waals surface area contributed by atoms with Gasteiger partial charge < -0.3 is 30.3 Å². The molecule has 0 aliphatic rings. The van der Waals surface area contributed by atoms with Crippen molar-refractivity contribution in [3.8, 4) is 0 Å². The van der Waals surface area contributed by atoms with Gasteiger partial charge in [-0.2, -0.15) is 18.7 Å². The molecule has 0 unspecified atom stereocenters. The first-order chi connectivity index (χ1) is 6.72. The topological polar surface area (TPSA) is 0 Å². The number of hydrogen-bond donors (Lipinski definition) is 0. The molecular weight excluding hydrogens is 224 g/mol. The Balaban J connectivity index is 0.000000280. The van der Waals surface area contributed by atoms with Gasteiger partial charge in [-0.15, -0.1) is 22.8 Å². The number of hydrogen-bond acceptors (Lipinski definition) is 0. The standard InChI is InChI=1S/C9H11.C5H5.Fe/c1-7(2)9-6-4-5-8(9)3;1-2-4-5-3-1;/h4-6H,1H2,2-3H3;1-5H;/q-1;-5;. The molecule has 1 heteroatoms. The average Bonchev–Trinajstić information content (AvgIpc) is 2.74. The summed E-state index contributed by atoms with van der Waals surface area (Å²) < 4.78 is 0. The Morgan fingerprint density at radius 3 is 1.87 bits per heavy atom. The van der Waals surface area contributed by atoms with Gasteiger partial charge in [-0.05, 0) is 0 Å². The van der Waals surface area contributed by atoms with Gasteiger partial charge in [0.2, 0.25) is 0 Å².